The zero-order chi connectivity index (χ0) is 18.4. The minimum absolute atomic E-state index is 0.00107. The first kappa shape index (κ1) is 19.0. The molecule has 2 aromatic rings. The van der Waals surface area contributed by atoms with Crippen molar-refractivity contribution in [2.45, 2.75) is 13.0 Å². The van der Waals surface area contributed by atoms with Crippen molar-refractivity contribution in [2.24, 2.45) is 0 Å². The summed E-state index contributed by atoms with van der Waals surface area (Å²) in [6.07, 6.45) is 0. The molecule has 1 N–H and O–H groups in total. The largest absolute Gasteiger partial charge is 0.465 e. The minimum atomic E-state index is -0.411. The van der Waals surface area contributed by atoms with Gasteiger partial charge in [0.2, 0.25) is 5.91 Å². The predicted molar refractivity (Wildman–Crippen MR) is 98.9 cm³/mol. The van der Waals surface area contributed by atoms with Crippen LogP contribution in [-0.2, 0) is 9.53 Å². The highest BCUT2D eigenvalue weighted by molar-refractivity contribution is 6.31. The third kappa shape index (κ3) is 5.05. The lowest BCUT2D eigenvalue weighted by Crippen LogP contribution is -2.32. The summed E-state index contributed by atoms with van der Waals surface area (Å²) in [5.41, 5.74) is 2.03. The normalized spacial score (nSPS) is 11.9. The van der Waals surface area contributed by atoms with Crippen LogP contribution in [0.25, 0.3) is 0 Å². The zero-order valence-corrected chi connectivity index (χ0v) is 15.2. The van der Waals surface area contributed by atoms with Crippen molar-refractivity contribution in [1.82, 2.24) is 4.90 Å². The van der Waals surface area contributed by atoms with E-state index in [0.717, 1.165) is 5.56 Å². The standard InChI is InChI=1S/C19H21ClN2O3/c1-13(16-6-4-5-7-17(16)20)22(2)12-18(23)21-15-10-8-14(9-11-15)19(24)25-3/h4-11,13H,12H2,1-3H3,(H,21,23). The van der Waals surface area contributed by atoms with Crippen LogP contribution in [0.3, 0.4) is 0 Å². The molecular formula is C19H21ClN2O3. The number of hydrogen-bond acceptors (Lipinski definition) is 4. The van der Waals surface area contributed by atoms with Gasteiger partial charge in [-0.3, -0.25) is 9.69 Å². The average Bonchev–Trinajstić information content (AvgIpc) is 2.61. The first-order valence-electron chi connectivity index (χ1n) is 7.85. The van der Waals surface area contributed by atoms with E-state index in [1.54, 1.807) is 24.3 Å². The third-order valence-corrected chi connectivity index (χ3v) is 4.34. The highest BCUT2D eigenvalue weighted by Gasteiger charge is 2.17. The molecule has 5 nitrogen and oxygen atoms in total. The Balaban J connectivity index is 1.95. The topological polar surface area (TPSA) is 58.6 Å². The van der Waals surface area contributed by atoms with E-state index < -0.39 is 5.97 Å². The molecule has 25 heavy (non-hydrogen) atoms. The molecule has 0 aromatic heterocycles. The van der Waals surface area contributed by atoms with Crippen LogP contribution in [0.15, 0.2) is 48.5 Å². The van der Waals surface area contributed by atoms with Gasteiger partial charge in [-0.15, -0.1) is 0 Å². The zero-order valence-electron chi connectivity index (χ0n) is 14.5. The minimum Gasteiger partial charge on any atom is -0.465 e. The quantitative estimate of drug-likeness (QED) is 0.797. The Morgan fingerprint density at radius 3 is 2.40 bits per heavy atom. The van der Waals surface area contributed by atoms with Crippen LogP contribution in [0.4, 0.5) is 5.69 Å². The molecule has 0 spiro atoms. The molecule has 0 saturated heterocycles. The van der Waals surface area contributed by atoms with E-state index in [4.69, 9.17) is 11.6 Å². The number of carbonyl (C=O) groups is 2. The lowest BCUT2D eigenvalue weighted by atomic mass is 10.1. The van der Waals surface area contributed by atoms with Crippen molar-refractivity contribution in [2.75, 3.05) is 26.0 Å². The highest BCUT2D eigenvalue weighted by Crippen LogP contribution is 2.26. The Bertz CT molecular complexity index is 747. The van der Waals surface area contributed by atoms with Crippen molar-refractivity contribution in [3.63, 3.8) is 0 Å². The molecule has 0 radical (unpaired) electrons. The Morgan fingerprint density at radius 1 is 1.16 bits per heavy atom. The fourth-order valence-corrected chi connectivity index (χ4v) is 2.72. The number of esters is 1. The number of ether oxygens (including phenoxy) is 1. The van der Waals surface area contributed by atoms with Gasteiger partial charge in [0, 0.05) is 16.8 Å². The Morgan fingerprint density at radius 2 is 1.80 bits per heavy atom. The molecule has 0 aliphatic carbocycles. The summed E-state index contributed by atoms with van der Waals surface area (Å²) in [5.74, 6) is -0.557. The molecule has 2 aromatic carbocycles. The molecule has 0 heterocycles. The molecule has 2 rings (SSSR count). The van der Waals surface area contributed by atoms with Crippen LogP contribution in [0.1, 0.15) is 28.9 Å². The molecule has 1 atom stereocenters. The van der Waals surface area contributed by atoms with E-state index in [2.05, 4.69) is 10.1 Å². The van der Waals surface area contributed by atoms with Crippen molar-refractivity contribution in [3.05, 3.63) is 64.7 Å². The van der Waals surface area contributed by atoms with E-state index in [1.165, 1.54) is 7.11 Å². The molecule has 0 fully saturated rings. The SMILES string of the molecule is COC(=O)c1ccc(NC(=O)CN(C)C(C)c2ccccc2Cl)cc1. The van der Waals surface area contributed by atoms with E-state index in [1.807, 2.05) is 43.1 Å². The molecular weight excluding hydrogens is 340 g/mol. The molecule has 1 unspecified atom stereocenters. The molecule has 1 amide bonds. The van der Waals surface area contributed by atoms with Gasteiger partial charge in [0.05, 0.1) is 19.2 Å². The van der Waals surface area contributed by atoms with Gasteiger partial charge in [-0.1, -0.05) is 29.8 Å². The van der Waals surface area contributed by atoms with Gasteiger partial charge in [0.1, 0.15) is 0 Å². The summed E-state index contributed by atoms with van der Waals surface area (Å²) >= 11 is 6.22. The van der Waals surface area contributed by atoms with Crippen LogP contribution in [-0.4, -0.2) is 37.5 Å². The van der Waals surface area contributed by atoms with Crippen LogP contribution >= 0.6 is 11.6 Å². The van der Waals surface area contributed by atoms with E-state index in [-0.39, 0.29) is 18.5 Å². The number of nitrogens with one attached hydrogen (secondary N) is 1. The number of benzene rings is 2. The third-order valence-electron chi connectivity index (χ3n) is 4.00. The number of carbonyl (C=O) groups excluding carboxylic acids is 2. The average molecular weight is 361 g/mol. The molecule has 6 heteroatoms. The second-order valence-electron chi connectivity index (χ2n) is 5.73. The van der Waals surface area contributed by atoms with Crippen molar-refractivity contribution in [3.8, 4) is 0 Å². The van der Waals surface area contributed by atoms with Gasteiger partial charge in [0.25, 0.3) is 0 Å². The second-order valence-corrected chi connectivity index (χ2v) is 6.14. The van der Waals surface area contributed by atoms with Gasteiger partial charge < -0.3 is 10.1 Å². The summed E-state index contributed by atoms with van der Waals surface area (Å²) < 4.78 is 4.64. The summed E-state index contributed by atoms with van der Waals surface area (Å²) in [4.78, 5) is 25.6. The van der Waals surface area contributed by atoms with Crippen LogP contribution in [0, 0.1) is 0 Å². The maximum atomic E-state index is 12.2. The lowest BCUT2D eigenvalue weighted by molar-refractivity contribution is -0.117. The highest BCUT2D eigenvalue weighted by atomic mass is 35.5. The van der Waals surface area contributed by atoms with Crippen molar-refractivity contribution in [1.29, 1.82) is 0 Å². The first-order valence-corrected chi connectivity index (χ1v) is 8.23. The molecule has 0 aliphatic heterocycles. The van der Waals surface area contributed by atoms with Crippen molar-refractivity contribution < 1.29 is 14.3 Å². The summed E-state index contributed by atoms with van der Waals surface area (Å²) in [5, 5.41) is 3.49. The first-order chi connectivity index (χ1) is 11.9. The Labute approximate surface area is 152 Å². The summed E-state index contributed by atoms with van der Waals surface area (Å²) in [6, 6.07) is 14.1. The number of hydrogen-bond donors (Lipinski definition) is 1. The van der Waals surface area contributed by atoms with Gasteiger partial charge in [0.15, 0.2) is 0 Å². The number of halogens is 1. The van der Waals surface area contributed by atoms with E-state index >= 15 is 0 Å². The van der Waals surface area contributed by atoms with Gasteiger partial charge in [-0.25, -0.2) is 4.79 Å². The van der Waals surface area contributed by atoms with Crippen LogP contribution in [0.2, 0.25) is 5.02 Å². The fraction of sp³-hybridized carbons (Fsp3) is 0.263. The number of rotatable bonds is 6. The second kappa shape index (κ2) is 8.65. The van der Waals surface area contributed by atoms with Gasteiger partial charge in [-0.2, -0.15) is 0 Å². The van der Waals surface area contributed by atoms with Crippen LogP contribution < -0.4 is 5.32 Å². The van der Waals surface area contributed by atoms with E-state index in [0.29, 0.717) is 16.3 Å². The maximum absolute atomic E-state index is 12.2. The van der Waals surface area contributed by atoms with Gasteiger partial charge in [-0.05, 0) is 49.9 Å². The molecule has 0 bridgehead atoms. The molecule has 0 saturated carbocycles. The molecule has 132 valence electrons. The van der Waals surface area contributed by atoms with E-state index in [9.17, 15) is 9.59 Å². The van der Waals surface area contributed by atoms with Crippen molar-refractivity contribution >= 4 is 29.2 Å². The predicted octanol–water partition coefficient (Wildman–Crippen LogP) is 3.76. The summed E-state index contributed by atoms with van der Waals surface area (Å²) in [6.45, 7) is 2.21. The summed E-state index contributed by atoms with van der Waals surface area (Å²) in [7, 11) is 3.20. The Kier molecular flexibility index (Phi) is 6.56. The fourth-order valence-electron chi connectivity index (χ4n) is 2.42. The lowest BCUT2D eigenvalue weighted by Gasteiger charge is -2.25. The molecule has 0 aliphatic rings. The van der Waals surface area contributed by atoms with Gasteiger partial charge >= 0.3 is 5.97 Å². The smallest absolute Gasteiger partial charge is 0.337 e. The number of anilines is 1. The number of amides is 1. The van der Waals surface area contributed by atoms with Crippen LogP contribution in [0.5, 0.6) is 0 Å². The number of methoxy groups -OCH3 is 1. The number of likely N-dealkylation sites (N-methyl/N-ethyl adjacent to an activating group) is 1. The maximum Gasteiger partial charge on any atom is 0.337 e. The monoisotopic (exact) mass is 360 g/mol. The number of nitrogens with zero attached hydrogens (tertiary/aromatic N) is 1. The Hall–Kier alpha value is -2.37.